The number of hydrogen-bond donors (Lipinski definition) is 1. The summed E-state index contributed by atoms with van der Waals surface area (Å²) in [6.45, 7) is 3.24. The molecule has 4 nitrogen and oxygen atoms in total. The number of aromatic nitrogens is 2. The van der Waals surface area contributed by atoms with Gasteiger partial charge in [0.05, 0.1) is 11.0 Å². The third-order valence-corrected chi connectivity index (χ3v) is 4.72. The van der Waals surface area contributed by atoms with Crippen LogP contribution < -0.4 is 5.32 Å². The summed E-state index contributed by atoms with van der Waals surface area (Å²) in [5.74, 6) is 0.863. The maximum Gasteiger partial charge on any atom is 0.244 e. The summed E-state index contributed by atoms with van der Waals surface area (Å²) >= 11 is 0. The number of carbonyl (C=O) groups excluding carboxylic acids is 1. The molecule has 0 aliphatic carbocycles. The van der Waals surface area contributed by atoms with Gasteiger partial charge >= 0.3 is 0 Å². The molecular formula is C23H21N3O. The van der Waals surface area contributed by atoms with Crippen molar-refractivity contribution in [1.29, 1.82) is 0 Å². The first-order valence-electron chi connectivity index (χ1n) is 9.08. The predicted octanol–water partition coefficient (Wildman–Crippen LogP) is 4.33. The Kier molecular flexibility index (Phi) is 4.71. The van der Waals surface area contributed by atoms with E-state index in [9.17, 15) is 4.79 Å². The van der Waals surface area contributed by atoms with Crippen LogP contribution in [0.4, 0.5) is 0 Å². The lowest BCUT2D eigenvalue weighted by atomic mass is 10.0. The highest BCUT2D eigenvalue weighted by molar-refractivity contribution is 5.96. The van der Waals surface area contributed by atoms with Gasteiger partial charge in [0, 0.05) is 19.2 Å². The van der Waals surface area contributed by atoms with E-state index in [0.29, 0.717) is 13.1 Å². The van der Waals surface area contributed by atoms with Crippen molar-refractivity contribution in [1.82, 2.24) is 14.9 Å². The number of para-hydroxylation sites is 2. The molecule has 0 aliphatic heterocycles. The van der Waals surface area contributed by atoms with Gasteiger partial charge in [0.1, 0.15) is 5.82 Å². The lowest BCUT2D eigenvalue weighted by Crippen LogP contribution is -2.25. The second kappa shape index (κ2) is 7.46. The van der Waals surface area contributed by atoms with E-state index in [1.165, 1.54) is 5.39 Å². The van der Waals surface area contributed by atoms with Crippen LogP contribution in [0, 0.1) is 6.92 Å². The van der Waals surface area contributed by atoms with E-state index in [0.717, 1.165) is 27.8 Å². The van der Waals surface area contributed by atoms with Gasteiger partial charge in [-0.15, -0.1) is 0 Å². The minimum atomic E-state index is -0.0926. The Morgan fingerprint density at radius 1 is 1.04 bits per heavy atom. The fraction of sp³-hybridized carbons (Fsp3) is 0.130. The van der Waals surface area contributed by atoms with E-state index in [1.54, 1.807) is 6.08 Å². The molecule has 0 saturated heterocycles. The lowest BCUT2D eigenvalue weighted by molar-refractivity contribution is -0.116. The molecule has 134 valence electrons. The first-order valence-corrected chi connectivity index (χ1v) is 9.08. The Morgan fingerprint density at radius 2 is 1.81 bits per heavy atom. The van der Waals surface area contributed by atoms with Gasteiger partial charge in [-0.05, 0) is 41.5 Å². The highest BCUT2D eigenvalue weighted by atomic mass is 16.1. The molecule has 4 heteroatoms. The molecule has 1 N–H and O–H groups in total. The number of aryl methyl sites for hydroxylation is 1. The number of nitrogens with zero attached hydrogens (tertiary/aromatic N) is 2. The van der Waals surface area contributed by atoms with E-state index in [-0.39, 0.29) is 5.91 Å². The van der Waals surface area contributed by atoms with Gasteiger partial charge in [-0.25, -0.2) is 4.98 Å². The number of amides is 1. The van der Waals surface area contributed by atoms with Gasteiger partial charge in [0.25, 0.3) is 0 Å². The second-order valence-corrected chi connectivity index (χ2v) is 6.49. The zero-order chi connectivity index (χ0) is 18.6. The highest BCUT2D eigenvalue weighted by Gasteiger charge is 2.06. The summed E-state index contributed by atoms with van der Waals surface area (Å²) in [7, 11) is 0. The van der Waals surface area contributed by atoms with Crippen LogP contribution in [-0.2, 0) is 11.3 Å². The minimum Gasteiger partial charge on any atom is -0.351 e. The first kappa shape index (κ1) is 17.0. The number of nitrogens with one attached hydrogen (secondary N) is 1. The third kappa shape index (κ3) is 3.60. The standard InChI is InChI=1S/C23H21N3O/c1-17-25-21-11-4-5-12-22(21)26(17)16-15-24-23(27)14-13-19-9-6-8-18-7-2-3-10-20(18)19/h2-14H,15-16H2,1H3,(H,24,27)/b14-13+. The van der Waals surface area contributed by atoms with Gasteiger partial charge in [0.15, 0.2) is 0 Å². The van der Waals surface area contributed by atoms with Gasteiger partial charge in [-0.1, -0.05) is 54.6 Å². The molecule has 0 aliphatic rings. The van der Waals surface area contributed by atoms with Crippen LogP contribution in [-0.4, -0.2) is 22.0 Å². The summed E-state index contributed by atoms with van der Waals surface area (Å²) in [6, 6.07) is 22.3. The van der Waals surface area contributed by atoms with Crippen molar-refractivity contribution in [3.63, 3.8) is 0 Å². The Labute approximate surface area is 158 Å². The van der Waals surface area contributed by atoms with Gasteiger partial charge in [-0.2, -0.15) is 0 Å². The van der Waals surface area contributed by atoms with Gasteiger partial charge in [0.2, 0.25) is 5.91 Å². The Balaban J connectivity index is 1.41. The molecule has 1 aromatic heterocycles. The fourth-order valence-corrected chi connectivity index (χ4v) is 3.39. The summed E-state index contributed by atoms with van der Waals surface area (Å²) in [6.07, 6.45) is 3.47. The maximum absolute atomic E-state index is 12.2. The Hall–Kier alpha value is -3.40. The van der Waals surface area contributed by atoms with Crippen LogP contribution >= 0.6 is 0 Å². The Bertz CT molecular complexity index is 1140. The molecule has 1 heterocycles. The zero-order valence-electron chi connectivity index (χ0n) is 15.2. The normalized spacial score (nSPS) is 11.4. The zero-order valence-corrected chi connectivity index (χ0v) is 15.2. The Morgan fingerprint density at radius 3 is 2.74 bits per heavy atom. The van der Waals surface area contributed by atoms with E-state index >= 15 is 0 Å². The topological polar surface area (TPSA) is 46.9 Å². The van der Waals surface area contributed by atoms with Crippen LogP contribution in [0.5, 0.6) is 0 Å². The van der Waals surface area contributed by atoms with Crippen LogP contribution in [0.3, 0.4) is 0 Å². The van der Waals surface area contributed by atoms with Gasteiger partial charge in [-0.3, -0.25) is 4.79 Å². The van der Waals surface area contributed by atoms with Crippen molar-refractivity contribution >= 4 is 33.8 Å². The monoisotopic (exact) mass is 355 g/mol. The van der Waals surface area contributed by atoms with Crippen molar-refractivity contribution in [2.45, 2.75) is 13.5 Å². The smallest absolute Gasteiger partial charge is 0.244 e. The molecule has 0 fully saturated rings. The highest BCUT2D eigenvalue weighted by Crippen LogP contribution is 2.19. The number of rotatable bonds is 5. The van der Waals surface area contributed by atoms with Crippen molar-refractivity contribution in [2.75, 3.05) is 6.54 Å². The largest absolute Gasteiger partial charge is 0.351 e. The molecule has 1 amide bonds. The van der Waals surface area contributed by atoms with Crippen molar-refractivity contribution in [3.8, 4) is 0 Å². The van der Waals surface area contributed by atoms with E-state index in [2.05, 4.69) is 39.1 Å². The fourth-order valence-electron chi connectivity index (χ4n) is 3.39. The molecule has 0 bridgehead atoms. The number of carbonyl (C=O) groups is 1. The predicted molar refractivity (Wildman–Crippen MR) is 110 cm³/mol. The summed E-state index contributed by atoms with van der Waals surface area (Å²) < 4.78 is 2.13. The first-order chi connectivity index (χ1) is 13.2. The third-order valence-electron chi connectivity index (χ3n) is 4.72. The molecule has 4 rings (SSSR count). The maximum atomic E-state index is 12.2. The van der Waals surface area contributed by atoms with Crippen molar-refractivity contribution < 1.29 is 4.79 Å². The van der Waals surface area contributed by atoms with Gasteiger partial charge < -0.3 is 9.88 Å². The molecule has 4 aromatic rings. The molecular weight excluding hydrogens is 334 g/mol. The molecule has 27 heavy (non-hydrogen) atoms. The summed E-state index contributed by atoms with van der Waals surface area (Å²) in [5, 5.41) is 5.27. The SMILES string of the molecule is Cc1nc2ccccc2n1CCNC(=O)/C=C/c1cccc2ccccc12. The number of imidazole rings is 1. The molecule has 0 saturated carbocycles. The second-order valence-electron chi connectivity index (χ2n) is 6.49. The van der Waals surface area contributed by atoms with Crippen LogP contribution in [0.25, 0.3) is 27.9 Å². The number of fused-ring (bicyclic) bond motifs is 2. The lowest BCUT2D eigenvalue weighted by Gasteiger charge is -2.07. The van der Waals surface area contributed by atoms with Crippen LogP contribution in [0.2, 0.25) is 0 Å². The van der Waals surface area contributed by atoms with Crippen molar-refractivity contribution in [3.05, 3.63) is 84.2 Å². The molecule has 0 unspecified atom stereocenters. The summed E-state index contributed by atoms with van der Waals surface area (Å²) in [5.41, 5.74) is 3.12. The van der Waals surface area contributed by atoms with Crippen molar-refractivity contribution in [2.24, 2.45) is 0 Å². The molecule has 0 atom stereocenters. The molecule has 0 radical (unpaired) electrons. The average Bonchev–Trinajstić information content (AvgIpc) is 3.02. The quantitative estimate of drug-likeness (QED) is 0.542. The van der Waals surface area contributed by atoms with E-state index in [1.807, 2.05) is 55.5 Å². The number of hydrogen-bond acceptors (Lipinski definition) is 2. The van der Waals surface area contributed by atoms with E-state index < -0.39 is 0 Å². The molecule has 0 spiro atoms. The summed E-state index contributed by atoms with van der Waals surface area (Å²) in [4.78, 5) is 16.8. The molecule has 3 aromatic carbocycles. The average molecular weight is 355 g/mol. The van der Waals surface area contributed by atoms with E-state index in [4.69, 9.17) is 0 Å². The minimum absolute atomic E-state index is 0.0926. The van der Waals surface area contributed by atoms with Crippen LogP contribution in [0.1, 0.15) is 11.4 Å². The van der Waals surface area contributed by atoms with Crippen LogP contribution in [0.15, 0.2) is 72.8 Å². The number of benzene rings is 3.